The van der Waals surface area contributed by atoms with Crippen LogP contribution in [0.25, 0.3) is 0 Å². The number of amides is 1. The van der Waals surface area contributed by atoms with E-state index in [0.29, 0.717) is 0 Å². The Balaban J connectivity index is 3.49. The molecule has 0 radical (unpaired) electrons. The summed E-state index contributed by atoms with van der Waals surface area (Å²) in [7, 11) is -2.82. The molecule has 0 unspecified atom stereocenters. The average molecular weight is 397 g/mol. The number of carbonyl (C=O) groups is 2. The van der Waals surface area contributed by atoms with E-state index in [1.165, 1.54) is 19.4 Å². The lowest BCUT2D eigenvalue weighted by Crippen LogP contribution is -2.39. The average Bonchev–Trinajstić information content (AvgIpc) is 2.85. The fraction of sp³-hybridized carbons (Fsp3) is 0.611. The van der Waals surface area contributed by atoms with Gasteiger partial charge >= 0.3 is 12.2 Å². The summed E-state index contributed by atoms with van der Waals surface area (Å²) in [5, 5.41) is 4.11. The third-order valence-electron chi connectivity index (χ3n) is 2.94. The summed E-state index contributed by atoms with van der Waals surface area (Å²) in [4.78, 5) is 26.3. The van der Waals surface area contributed by atoms with Gasteiger partial charge in [-0.25, -0.2) is 14.5 Å². The highest BCUT2D eigenvalue weighted by atomic mass is 31.2. The maximum atomic E-state index is 12.6. The number of nitrogens with zero attached hydrogens (tertiary/aromatic N) is 3. The lowest BCUT2D eigenvalue weighted by atomic mass is 10.2. The van der Waals surface area contributed by atoms with Gasteiger partial charge in [0.05, 0.1) is 6.54 Å². The predicted molar refractivity (Wildman–Crippen MR) is 105 cm³/mol. The van der Waals surface area contributed by atoms with Crippen LogP contribution in [0.4, 0.5) is 15.4 Å². The molecule has 0 saturated carbocycles. The number of anilines is 1. The molecule has 0 spiro atoms. The Bertz CT molecular complexity index is 802. The topological polar surface area (TPSA) is 90.7 Å². The smallest absolute Gasteiger partial charge is 0.437 e. The van der Waals surface area contributed by atoms with E-state index < -0.39 is 30.5 Å². The van der Waals surface area contributed by atoms with E-state index >= 15 is 0 Å². The van der Waals surface area contributed by atoms with Crippen molar-refractivity contribution in [1.82, 2.24) is 9.78 Å². The van der Waals surface area contributed by atoms with Crippen molar-refractivity contribution in [2.45, 2.75) is 52.7 Å². The molecule has 0 aliphatic rings. The fourth-order valence-electron chi connectivity index (χ4n) is 1.90. The summed E-state index contributed by atoms with van der Waals surface area (Å²) >= 11 is 0. The highest BCUT2D eigenvalue weighted by Crippen LogP contribution is 2.35. The van der Waals surface area contributed by atoms with Gasteiger partial charge < -0.3 is 14.0 Å². The van der Waals surface area contributed by atoms with Gasteiger partial charge in [0.25, 0.3) is 0 Å². The second-order valence-corrected chi connectivity index (χ2v) is 11.5. The molecule has 1 heterocycles. The number of hydrogen-bond acceptors (Lipinski definition) is 6. The van der Waals surface area contributed by atoms with Crippen LogP contribution < -0.4 is 10.3 Å². The van der Waals surface area contributed by atoms with E-state index in [1.54, 1.807) is 41.5 Å². The van der Waals surface area contributed by atoms with Gasteiger partial charge in [-0.3, -0.25) is 0 Å². The van der Waals surface area contributed by atoms with Crippen LogP contribution in [0, 0.1) is 12.3 Å². The van der Waals surface area contributed by atoms with Gasteiger partial charge in [-0.1, -0.05) is 5.92 Å². The summed E-state index contributed by atoms with van der Waals surface area (Å²) in [5.41, 5.74) is -1.38. The molecular formula is C18H28N3O5P. The highest BCUT2D eigenvalue weighted by molar-refractivity contribution is 7.69. The molecule has 1 amide bonds. The van der Waals surface area contributed by atoms with Gasteiger partial charge in [0.2, 0.25) is 0 Å². The van der Waals surface area contributed by atoms with Gasteiger partial charge in [0.15, 0.2) is 0 Å². The molecule has 27 heavy (non-hydrogen) atoms. The minimum atomic E-state index is -2.82. The molecule has 0 aliphatic carbocycles. The molecule has 150 valence electrons. The van der Waals surface area contributed by atoms with Crippen LogP contribution in [0.3, 0.4) is 0 Å². The lowest BCUT2D eigenvalue weighted by molar-refractivity contribution is 0.0513. The van der Waals surface area contributed by atoms with Crippen molar-refractivity contribution >= 4 is 30.6 Å². The molecule has 1 aromatic heterocycles. The summed E-state index contributed by atoms with van der Waals surface area (Å²) in [5.74, 6) is 2.40. The molecular weight excluding hydrogens is 369 g/mol. The Morgan fingerprint density at radius 3 is 2.11 bits per heavy atom. The Morgan fingerprint density at radius 1 is 1.19 bits per heavy atom. The lowest BCUT2D eigenvalue weighted by Gasteiger charge is -2.26. The minimum Gasteiger partial charge on any atom is -0.443 e. The van der Waals surface area contributed by atoms with Crippen LogP contribution in [0.5, 0.6) is 0 Å². The van der Waals surface area contributed by atoms with Gasteiger partial charge in [-0.15, -0.1) is 11.1 Å². The number of rotatable bonds is 3. The van der Waals surface area contributed by atoms with Crippen LogP contribution in [0.2, 0.25) is 0 Å². The van der Waals surface area contributed by atoms with Crippen LogP contribution in [0.1, 0.15) is 41.5 Å². The van der Waals surface area contributed by atoms with Crippen molar-refractivity contribution < 1.29 is 23.6 Å². The van der Waals surface area contributed by atoms with Gasteiger partial charge in [0, 0.05) is 6.07 Å². The molecule has 9 heteroatoms. The second-order valence-electron chi connectivity index (χ2n) is 8.37. The molecule has 8 nitrogen and oxygen atoms in total. The van der Waals surface area contributed by atoms with E-state index in [1.807, 2.05) is 0 Å². The van der Waals surface area contributed by atoms with E-state index in [2.05, 4.69) is 11.0 Å². The van der Waals surface area contributed by atoms with E-state index in [4.69, 9.17) is 15.9 Å². The van der Waals surface area contributed by atoms with Crippen molar-refractivity contribution in [3.05, 3.63) is 6.07 Å². The Kier molecular flexibility index (Phi) is 6.56. The van der Waals surface area contributed by atoms with Crippen LogP contribution in [0.15, 0.2) is 6.07 Å². The van der Waals surface area contributed by atoms with Gasteiger partial charge in [-0.05, 0) is 54.9 Å². The van der Waals surface area contributed by atoms with Crippen molar-refractivity contribution in [1.29, 1.82) is 0 Å². The van der Waals surface area contributed by atoms with Crippen LogP contribution in [-0.4, -0.2) is 53.0 Å². The van der Waals surface area contributed by atoms with Gasteiger partial charge in [0.1, 0.15) is 29.6 Å². The first-order chi connectivity index (χ1) is 12.0. The maximum absolute atomic E-state index is 12.6. The third-order valence-corrected chi connectivity index (χ3v) is 4.26. The first-order valence-corrected chi connectivity index (χ1v) is 11.0. The van der Waals surface area contributed by atoms with E-state index in [9.17, 15) is 14.2 Å². The maximum Gasteiger partial charge on any atom is 0.437 e. The molecule has 0 fully saturated rings. The zero-order chi connectivity index (χ0) is 21.2. The molecule has 0 aliphatic heterocycles. The van der Waals surface area contributed by atoms with Gasteiger partial charge in [-0.2, -0.15) is 5.10 Å². The molecule has 1 aromatic rings. The van der Waals surface area contributed by atoms with Crippen LogP contribution in [-0.2, 0) is 14.0 Å². The molecule has 0 bridgehead atoms. The summed E-state index contributed by atoms with van der Waals surface area (Å²) in [6, 6.07) is 1.39. The summed E-state index contributed by atoms with van der Waals surface area (Å²) in [6.45, 7) is 13.1. The Hall–Kier alpha value is -2.26. The standard InChI is InChI=1S/C18H28N3O5P/c1-10-11-20(15(22)25-17(2,3)4)14-12-13(27(8,9)24)19-21(14)16(23)26-18(5,6)7/h1,12H,11H2,2-9H3. The normalized spacial score (nSPS) is 12.3. The number of hydrogen-bond donors (Lipinski definition) is 0. The molecule has 0 saturated heterocycles. The molecule has 0 N–H and O–H groups in total. The second kappa shape index (κ2) is 7.77. The zero-order valence-corrected chi connectivity index (χ0v) is 18.1. The zero-order valence-electron chi connectivity index (χ0n) is 17.2. The molecule has 0 atom stereocenters. The van der Waals surface area contributed by atoms with Crippen molar-refractivity contribution in [3.8, 4) is 12.3 Å². The molecule has 1 rings (SSSR count). The third kappa shape index (κ3) is 6.76. The first kappa shape index (κ1) is 22.8. The number of terminal acetylenes is 1. The fourth-order valence-corrected chi connectivity index (χ4v) is 2.63. The quantitative estimate of drug-likeness (QED) is 0.574. The number of aromatic nitrogens is 2. The molecule has 0 aromatic carbocycles. The summed E-state index contributed by atoms with van der Waals surface area (Å²) in [6.07, 6.45) is 3.82. The number of carbonyl (C=O) groups excluding carboxylic acids is 2. The first-order valence-electron chi connectivity index (χ1n) is 8.38. The highest BCUT2D eigenvalue weighted by Gasteiger charge is 2.31. The Labute approximate surface area is 160 Å². The minimum absolute atomic E-state index is 0.0374. The van der Waals surface area contributed by atoms with E-state index in [0.717, 1.165) is 9.58 Å². The largest absolute Gasteiger partial charge is 0.443 e. The van der Waals surface area contributed by atoms with Crippen molar-refractivity contribution in [2.75, 3.05) is 24.8 Å². The van der Waals surface area contributed by atoms with Crippen molar-refractivity contribution in [3.63, 3.8) is 0 Å². The van der Waals surface area contributed by atoms with E-state index in [-0.39, 0.29) is 17.8 Å². The predicted octanol–water partition coefficient (Wildman–Crippen LogP) is 3.29. The summed E-state index contributed by atoms with van der Waals surface area (Å²) < 4.78 is 24.1. The SMILES string of the molecule is C#CCN(C(=O)OC(C)(C)C)c1cc(P(C)(C)=O)nn1C(=O)OC(C)(C)C. The number of ether oxygens (including phenoxy) is 2. The van der Waals surface area contributed by atoms with Crippen molar-refractivity contribution in [2.24, 2.45) is 0 Å². The van der Waals surface area contributed by atoms with Crippen LogP contribution >= 0.6 is 7.14 Å². The monoisotopic (exact) mass is 397 g/mol. The Morgan fingerprint density at radius 2 is 1.70 bits per heavy atom.